The topological polar surface area (TPSA) is 120 Å². The zero-order valence-electron chi connectivity index (χ0n) is 13.4. The third-order valence-electron chi connectivity index (χ3n) is 3.40. The molecule has 3 rings (SSSR count). The molecule has 0 spiro atoms. The Hall–Kier alpha value is -3.39. The number of aromatic amines is 1. The number of hydrogen-bond donors (Lipinski definition) is 4. The molecule has 4 N–H and O–H groups in total. The summed E-state index contributed by atoms with van der Waals surface area (Å²) in [6, 6.07) is 7.47. The molecule has 0 aliphatic heterocycles. The zero-order chi connectivity index (χ0) is 18.5. The lowest BCUT2D eigenvalue weighted by molar-refractivity contribution is -0.115. The summed E-state index contributed by atoms with van der Waals surface area (Å²) in [5.74, 6) is -0.560. The average molecular weight is 372 g/mol. The quantitative estimate of drug-likeness (QED) is 0.549. The lowest BCUT2D eigenvalue weighted by Crippen LogP contribution is -2.17. The first kappa shape index (κ1) is 17.4. The molecule has 0 atom stereocenters. The van der Waals surface area contributed by atoms with Gasteiger partial charge in [0, 0.05) is 34.9 Å². The number of amides is 2. The van der Waals surface area contributed by atoms with Gasteiger partial charge in [0.25, 0.3) is 5.91 Å². The van der Waals surface area contributed by atoms with E-state index in [-0.39, 0.29) is 23.8 Å². The summed E-state index contributed by atoms with van der Waals surface area (Å²) < 4.78 is 0. The number of halogens is 1. The molecule has 2 amide bonds. The Kier molecular flexibility index (Phi) is 5.14. The van der Waals surface area contributed by atoms with Gasteiger partial charge in [0.15, 0.2) is 0 Å². The van der Waals surface area contributed by atoms with Crippen molar-refractivity contribution in [3.63, 3.8) is 0 Å². The Morgan fingerprint density at radius 1 is 1.12 bits per heavy atom. The Balaban J connectivity index is 1.67. The molecule has 26 heavy (non-hydrogen) atoms. The molecule has 0 radical (unpaired) electrons. The second-order valence-electron chi connectivity index (χ2n) is 5.32. The minimum atomic E-state index is -0.469. The normalized spacial score (nSPS) is 10.3. The van der Waals surface area contributed by atoms with Crippen LogP contribution in [0.25, 0.3) is 0 Å². The largest absolute Gasteiger partial charge is 0.508 e. The van der Waals surface area contributed by atoms with Gasteiger partial charge in [-0.15, -0.1) is 0 Å². The smallest absolute Gasteiger partial charge is 0.276 e. The van der Waals surface area contributed by atoms with E-state index in [1.807, 2.05) is 0 Å². The maximum atomic E-state index is 12.2. The number of benzene rings is 1. The van der Waals surface area contributed by atoms with E-state index in [0.717, 1.165) is 0 Å². The number of carbonyl (C=O) groups excluding carboxylic acids is 2. The van der Waals surface area contributed by atoms with Crippen molar-refractivity contribution < 1.29 is 14.7 Å². The summed E-state index contributed by atoms with van der Waals surface area (Å²) in [7, 11) is 0. The van der Waals surface area contributed by atoms with Crippen LogP contribution in [0, 0.1) is 0 Å². The van der Waals surface area contributed by atoms with Gasteiger partial charge in [0.1, 0.15) is 11.4 Å². The number of hydrogen-bond acceptors (Lipinski definition) is 5. The van der Waals surface area contributed by atoms with E-state index in [0.29, 0.717) is 22.2 Å². The number of nitrogens with zero attached hydrogens (tertiary/aromatic N) is 2. The summed E-state index contributed by atoms with van der Waals surface area (Å²) in [5, 5.41) is 15.4. The highest BCUT2D eigenvalue weighted by Gasteiger charge is 2.12. The predicted molar refractivity (Wildman–Crippen MR) is 96.2 cm³/mol. The first-order valence-corrected chi connectivity index (χ1v) is 7.93. The van der Waals surface area contributed by atoms with E-state index >= 15 is 0 Å². The Morgan fingerprint density at radius 2 is 1.96 bits per heavy atom. The van der Waals surface area contributed by atoms with E-state index in [1.54, 1.807) is 12.3 Å². The molecule has 0 bridgehead atoms. The van der Waals surface area contributed by atoms with Gasteiger partial charge < -0.3 is 15.4 Å². The summed E-state index contributed by atoms with van der Waals surface area (Å²) in [5.41, 5.74) is 0.917. The highest BCUT2D eigenvalue weighted by atomic mass is 35.5. The molecule has 8 nitrogen and oxygen atoms in total. The minimum Gasteiger partial charge on any atom is -0.508 e. The van der Waals surface area contributed by atoms with Crippen molar-refractivity contribution >= 4 is 35.1 Å². The van der Waals surface area contributed by atoms with Crippen LogP contribution in [-0.4, -0.2) is 31.9 Å². The predicted octanol–water partition coefficient (Wildman–Crippen LogP) is 2.60. The molecule has 132 valence electrons. The van der Waals surface area contributed by atoms with E-state index in [1.165, 1.54) is 36.7 Å². The van der Waals surface area contributed by atoms with Crippen LogP contribution in [0.4, 0.5) is 11.6 Å². The number of aromatic hydroxyl groups is 1. The maximum absolute atomic E-state index is 12.2. The third-order valence-corrected chi connectivity index (χ3v) is 3.63. The molecular weight excluding hydrogens is 358 g/mol. The van der Waals surface area contributed by atoms with Gasteiger partial charge in [0.05, 0.1) is 6.42 Å². The Labute approximate surface area is 153 Å². The molecule has 0 aliphatic carbocycles. The number of aromatic nitrogens is 3. The number of phenols is 1. The highest BCUT2D eigenvalue weighted by Crippen LogP contribution is 2.22. The summed E-state index contributed by atoms with van der Waals surface area (Å²) in [4.78, 5) is 34.9. The monoisotopic (exact) mass is 371 g/mol. The van der Waals surface area contributed by atoms with Crippen molar-refractivity contribution in [2.75, 3.05) is 10.6 Å². The molecule has 2 heterocycles. The molecule has 0 aliphatic rings. The number of pyridine rings is 1. The summed E-state index contributed by atoms with van der Waals surface area (Å²) >= 11 is 5.87. The Bertz CT molecular complexity index is 943. The van der Waals surface area contributed by atoms with Gasteiger partial charge >= 0.3 is 0 Å². The highest BCUT2D eigenvalue weighted by molar-refractivity contribution is 6.30. The van der Waals surface area contributed by atoms with Crippen molar-refractivity contribution in [3.8, 4) is 5.75 Å². The molecule has 9 heteroatoms. The van der Waals surface area contributed by atoms with Gasteiger partial charge in [-0.25, -0.2) is 4.98 Å². The number of H-pyrrole nitrogens is 1. The summed E-state index contributed by atoms with van der Waals surface area (Å²) in [6.45, 7) is 0. The lowest BCUT2D eigenvalue weighted by Gasteiger charge is -2.08. The molecule has 0 unspecified atom stereocenters. The second kappa shape index (κ2) is 7.66. The van der Waals surface area contributed by atoms with Crippen LogP contribution < -0.4 is 10.6 Å². The summed E-state index contributed by atoms with van der Waals surface area (Å²) in [6.07, 6.45) is 4.42. The second-order valence-corrected chi connectivity index (χ2v) is 5.76. The van der Waals surface area contributed by atoms with Crippen molar-refractivity contribution in [3.05, 3.63) is 65.2 Å². The molecule has 0 saturated heterocycles. The maximum Gasteiger partial charge on any atom is 0.276 e. The standard InChI is InChI=1S/C17H14ClN5O3/c18-11-1-2-14(24)10(7-11)8-15(25)22-12-3-4-19-13(9-12)16(26)23-17-20-5-6-21-17/h1-7,9,24H,8H2,(H,19,22,25)(H2,20,21,23,26). The first-order valence-electron chi connectivity index (χ1n) is 7.55. The van der Waals surface area contributed by atoms with E-state index in [9.17, 15) is 14.7 Å². The molecule has 0 saturated carbocycles. The number of nitrogens with one attached hydrogen (secondary N) is 3. The first-order chi connectivity index (χ1) is 12.5. The number of phenolic OH excluding ortho intramolecular Hbond substituents is 1. The van der Waals surface area contributed by atoms with Crippen LogP contribution in [0.1, 0.15) is 16.1 Å². The van der Waals surface area contributed by atoms with E-state index in [2.05, 4.69) is 25.6 Å². The van der Waals surface area contributed by atoms with Gasteiger partial charge in [-0.1, -0.05) is 11.6 Å². The van der Waals surface area contributed by atoms with Gasteiger partial charge in [0.2, 0.25) is 11.9 Å². The molecule has 1 aromatic carbocycles. The Morgan fingerprint density at radius 3 is 2.73 bits per heavy atom. The number of rotatable bonds is 5. The van der Waals surface area contributed by atoms with Crippen LogP contribution in [0.5, 0.6) is 5.75 Å². The van der Waals surface area contributed by atoms with Crippen LogP contribution in [0.2, 0.25) is 5.02 Å². The van der Waals surface area contributed by atoms with Gasteiger partial charge in [-0.3, -0.25) is 19.9 Å². The fourth-order valence-corrected chi connectivity index (χ4v) is 2.41. The van der Waals surface area contributed by atoms with Crippen LogP contribution in [-0.2, 0) is 11.2 Å². The van der Waals surface area contributed by atoms with E-state index < -0.39 is 5.91 Å². The zero-order valence-corrected chi connectivity index (χ0v) is 14.1. The molecular formula is C17H14ClN5O3. The van der Waals surface area contributed by atoms with Crippen molar-refractivity contribution in [2.45, 2.75) is 6.42 Å². The molecule has 0 fully saturated rings. The van der Waals surface area contributed by atoms with Gasteiger partial charge in [-0.05, 0) is 30.3 Å². The van der Waals surface area contributed by atoms with Crippen LogP contribution in [0.15, 0.2) is 48.9 Å². The van der Waals surface area contributed by atoms with Crippen molar-refractivity contribution in [2.24, 2.45) is 0 Å². The number of anilines is 2. The van der Waals surface area contributed by atoms with Crippen LogP contribution >= 0.6 is 11.6 Å². The SMILES string of the molecule is O=C(Cc1cc(Cl)ccc1O)Nc1ccnc(C(=O)Nc2ncc[nH]2)c1. The van der Waals surface area contributed by atoms with Crippen LogP contribution in [0.3, 0.4) is 0 Å². The number of imidazole rings is 1. The van der Waals surface area contributed by atoms with Crippen molar-refractivity contribution in [1.29, 1.82) is 0 Å². The molecule has 3 aromatic rings. The fourth-order valence-electron chi connectivity index (χ4n) is 2.21. The minimum absolute atomic E-state index is 0.0159. The lowest BCUT2D eigenvalue weighted by atomic mass is 10.1. The van der Waals surface area contributed by atoms with Crippen molar-refractivity contribution in [1.82, 2.24) is 15.0 Å². The number of carbonyl (C=O) groups is 2. The van der Waals surface area contributed by atoms with Gasteiger partial charge in [-0.2, -0.15) is 0 Å². The van der Waals surface area contributed by atoms with E-state index in [4.69, 9.17) is 11.6 Å². The fraction of sp³-hybridized carbons (Fsp3) is 0.0588. The average Bonchev–Trinajstić information content (AvgIpc) is 3.11. The third kappa shape index (κ3) is 4.37. The molecule has 2 aromatic heterocycles.